The maximum atomic E-state index is 11.9. The van der Waals surface area contributed by atoms with Gasteiger partial charge in [0.1, 0.15) is 5.75 Å². The molecule has 164 valence electrons. The summed E-state index contributed by atoms with van der Waals surface area (Å²) in [4.78, 5) is 23.8. The van der Waals surface area contributed by atoms with Crippen molar-refractivity contribution in [1.29, 1.82) is 0 Å². The minimum atomic E-state index is -0.238. The van der Waals surface area contributed by atoms with Crippen molar-refractivity contribution >= 4 is 47.1 Å². The lowest BCUT2D eigenvalue weighted by molar-refractivity contribution is -0.119. The second-order valence-electron chi connectivity index (χ2n) is 6.68. The van der Waals surface area contributed by atoms with Gasteiger partial charge >= 0.3 is 0 Å². The molecule has 2 N–H and O–H groups in total. The first-order valence-corrected chi connectivity index (χ1v) is 11.3. The molecule has 0 saturated carbocycles. The Morgan fingerprint density at radius 3 is 2.38 bits per heavy atom. The molecule has 0 aliphatic rings. The molecule has 8 heteroatoms. The van der Waals surface area contributed by atoms with Crippen LogP contribution in [0.4, 0.5) is 5.69 Å². The molecule has 0 bridgehead atoms. The topological polar surface area (TPSA) is 79.8 Å². The normalized spacial score (nSPS) is 10.7. The van der Waals surface area contributed by atoms with Crippen LogP contribution in [0.25, 0.3) is 0 Å². The van der Waals surface area contributed by atoms with Crippen molar-refractivity contribution in [3.63, 3.8) is 0 Å². The molecule has 6 nitrogen and oxygen atoms in total. The molecule has 0 unspecified atom stereocenters. The SMILES string of the molecule is O=C(CSCc1ccc(Cl)cc1)NN=Cc1ccc(OCC(=O)Nc2ccccc2)cc1. The number of benzene rings is 3. The van der Waals surface area contributed by atoms with Crippen LogP contribution in [-0.4, -0.2) is 30.4 Å². The van der Waals surface area contributed by atoms with E-state index in [0.29, 0.717) is 16.5 Å². The zero-order valence-corrected chi connectivity index (χ0v) is 18.7. The van der Waals surface area contributed by atoms with Crippen LogP contribution >= 0.6 is 23.4 Å². The van der Waals surface area contributed by atoms with E-state index in [0.717, 1.165) is 22.6 Å². The Morgan fingerprint density at radius 2 is 1.66 bits per heavy atom. The van der Waals surface area contributed by atoms with Gasteiger partial charge in [-0.3, -0.25) is 9.59 Å². The van der Waals surface area contributed by atoms with E-state index in [1.807, 2.05) is 54.6 Å². The van der Waals surface area contributed by atoms with E-state index >= 15 is 0 Å². The zero-order chi connectivity index (χ0) is 22.6. The monoisotopic (exact) mass is 467 g/mol. The van der Waals surface area contributed by atoms with Crippen molar-refractivity contribution in [2.24, 2.45) is 5.10 Å². The Bertz CT molecular complexity index is 1040. The lowest BCUT2D eigenvalue weighted by atomic mass is 10.2. The first-order valence-electron chi connectivity index (χ1n) is 9.80. The van der Waals surface area contributed by atoms with Crippen molar-refractivity contribution in [2.75, 3.05) is 17.7 Å². The first kappa shape index (κ1) is 23.4. The van der Waals surface area contributed by atoms with Crippen LogP contribution < -0.4 is 15.5 Å². The Labute approximate surface area is 196 Å². The fraction of sp³-hybridized carbons (Fsp3) is 0.125. The van der Waals surface area contributed by atoms with Crippen LogP contribution in [0.5, 0.6) is 5.75 Å². The van der Waals surface area contributed by atoms with Gasteiger partial charge < -0.3 is 10.1 Å². The number of nitrogens with zero attached hydrogens (tertiary/aromatic N) is 1. The molecular weight excluding hydrogens is 446 g/mol. The van der Waals surface area contributed by atoms with E-state index in [4.69, 9.17) is 16.3 Å². The molecule has 3 aromatic rings. The van der Waals surface area contributed by atoms with Gasteiger partial charge in [0.05, 0.1) is 12.0 Å². The third kappa shape index (κ3) is 8.45. The molecule has 3 aromatic carbocycles. The summed E-state index contributed by atoms with van der Waals surface area (Å²) >= 11 is 7.36. The summed E-state index contributed by atoms with van der Waals surface area (Å²) in [5.74, 6) is 1.17. The Kier molecular flexibility index (Phi) is 9.16. The molecule has 0 aliphatic carbocycles. The van der Waals surface area contributed by atoms with E-state index in [1.165, 1.54) is 11.8 Å². The Morgan fingerprint density at radius 1 is 0.938 bits per heavy atom. The van der Waals surface area contributed by atoms with E-state index in [1.54, 1.807) is 30.5 Å². The van der Waals surface area contributed by atoms with Crippen LogP contribution in [0.2, 0.25) is 5.02 Å². The van der Waals surface area contributed by atoms with Crippen LogP contribution in [0.1, 0.15) is 11.1 Å². The highest BCUT2D eigenvalue weighted by molar-refractivity contribution is 7.99. The molecule has 0 saturated heterocycles. The molecule has 0 spiro atoms. The summed E-state index contributed by atoms with van der Waals surface area (Å²) < 4.78 is 5.49. The number of anilines is 1. The molecule has 3 rings (SSSR count). The average Bonchev–Trinajstić information content (AvgIpc) is 2.80. The molecule has 2 amide bonds. The van der Waals surface area contributed by atoms with Gasteiger partial charge in [0, 0.05) is 16.5 Å². The van der Waals surface area contributed by atoms with Crippen LogP contribution in [0.3, 0.4) is 0 Å². The Balaban J connectivity index is 1.34. The second-order valence-corrected chi connectivity index (χ2v) is 8.11. The van der Waals surface area contributed by atoms with Gasteiger partial charge in [0.15, 0.2) is 6.61 Å². The molecule has 0 fully saturated rings. The number of halogens is 1. The second kappa shape index (κ2) is 12.5. The van der Waals surface area contributed by atoms with Gasteiger partial charge in [0.25, 0.3) is 5.91 Å². The third-order valence-corrected chi connectivity index (χ3v) is 5.38. The number of hydrazone groups is 1. The van der Waals surface area contributed by atoms with E-state index < -0.39 is 0 Å². The number of hydrogen-bond acceptors (Lipinski definition) is 5. The fourth-order valence-electron chi connectivity index (χ4n) is 2.57. The maximum absolute atomic E-state index is 11.9. The minimum Gasteiger partial charge on any atom is -0.484 e. The van der Waals surface area contributed by atoms with Crippen molar-refractivity contribution in [2.45, 2.75) is 5.75 Å². The number of nitrogens with one attached hydrogen (secondary N) is 2. The largest absolute Gasteiger partial charge is 0.484 e. The highest BCUT2D eigenvalue weighted by Gasteiger charge is 2.04. The first-order chi connectivity index (χ1) is 15.6. The van der Waals surface area contributed by atoms with Gasteiger partial charge in [-0.1, -0.05) is 41.9 Å². The fourth-order valence-corrected chi connectivity index (χ4v) is 3.48. The highest BCUT2D eigenvalue weighted by atomic mass is 35.5. The minimum absolute atomic E-state index is 0.0912. The number of carbonyl (C=O) groups is 2. The lowest BCUT2D eigenvalue weighted by Gasteiger charge is -2.07. The lowest BCUT2D eigenvalue weighted by Crippen LogP contribution is -2.20. The van der Waals surface area contributed by atoms with Crippen LogP contribution in [0.15, 0.2) is 84.0 Å². The number of amides is 2. The third-order valence-electron chi connectivity index (χ3n) is 4.13. The van der Waals surface area contributed by atoms with Crippen molar-refractivity contribution in [1.82, 2.24) is 5.43 Å². The summed E-state index contributed by atoms with van der Waals surface area (Å²) in [6.07, 6.45) is 1.55. The van der Waals surface area contributed by atoms with Gasteiger partial charge in [-0.2, -0.15) is 5.10 Å². The van der Waals surface area contributed by atoms with Crippen LogP contribution in [-0.2, 0) is 15.3 Å². The Hall–Kier alpha value is -3.29. The number of thioether (sulfide) groups is 1. The van der Waals surface area contributed by atoms with Gasteiger partial charge in [-0.25, -0.2) is 5.43 Å². The molecule has 0 heterocycles. The predicted molar refractivity (Wildman–Crippen MR) is 130 cm³/mol. The van der Waals surface area contributed by atoms with Crippen molar-refractivity contribution in [3.8, 4) is 5.75 Å². The summed E-state index contributed by atoms with van der Waals surface area (Å²) in [6, 6.07) is 23.8. The van der Waals surface area contributed by atoms with Gasteiger partial charge in [-0.15, -0.1) is 11.8 Å². The van der Waals surface area contributed by atoms with E-state index in [2.05, 4.69) is 15.8 Å². The van der Waals surface area contributed by atoms with Crippen molar-refractivity contribution < 1.29 is 14.3 Å². The summed E-state index contributed by atoms with van der Waals surface area (Å²) in [5, 5.41) is 7.42. The molecule has 0 aromatic heterocycles. The molecular formula is C24H22ClN3O3S. The standard InChI is InChI=1S/C24H22ClN3O3S/c25-20-10-6-19(7-11-20)16-32-17-24(30)28-26-14-18-8-12-22(13-9-18)31-15-23(29)27-21-4-2-1-3-5-21/h1-14H,15-17H2,(H,27,29)(H,28,30). The number of ether oxygens (including phenoxy) is 1. The summed E-state index contributed by atoms with van der Waals surface area (Å²) in [5.41, 5.74) is 5.13. The zero-order valence-electron chi connectivity index (χ0n) is 17.2. The highest BCUT2D eigenvalue weighted by Crippen LogP contribution is 2.15. The molecule has 0 atom stereocenters. The molecule has 0 aliphatic heterocycles. The van der Waals surface area contributed by atoms with Crippen molar-refractivity contribution in [3.05, 3.63) is 95.0 Å². The van der Waals surface area contributed by atoms with E-state index in [9.17, 15) is 9.59 Å². The van der Waals surface area contributed by atoms with Gasteiger partial charge in [0.2, 0.25) is 5.91 Å². The number of para-hydroxylation sites is 1. The average molecular weight is 468 g/mol. The van der Waals surface area contributed by atoms with E-state index in [-0.39, 0.29) is 18.4 Å². The number of carbonyl (C=O) groups excluding carboxylic acids is 2. The summed E-state index contributed by atoms with van der Waals surface area (Å²) in [7, 11) is 0. The molecule has 32 heavy (non-hydrogen) atoms. The maximum Gasteiger partial charge on any atom is 0.262 e. The number of rotatable bonds is 10. The van der Waals surface area contributed by atoms with Crippen LogP contribution in [0, 0.1) is 0 Å². The quantitative estimate of drug-likeness (QED) is 0.333. The predicted octanol–water partition coefficient (Wildman–Crippen LogP) is 4.74. The smallest absolute Gasteiger partial charge is 0.262 e. The number of hydrogen-bond donors (Lipinski definition) is 2. The van der Waals surface area contributed by atoms with Gasteiger partial charge in [-0.05, 0) is 59.7 Å². The summed E-state index contributed by atoms with van der Waals surface area (Å²) in [6.45, 7) is -0.0912. The molecule has 0 radical (unpaired) electrons.